The summed E-state index contributed by atoms with van der Waals surface area (Å²) in [5.74, 6) is 0. The highest BCUT2D eigenvalue weighted by Gasteiger charge is 2.29. The van der Waals surface area contributed by atoms with Gasteiger partial charge >= 0.3 is 0 Å². The molecule has 3 rings (SSSR count). The lowest BCUT2D eigenvalue weighted by Gasteiger charge is -2.32. The largest absolute Gasteiger partial charge is 0.299 e. The third kappa shape index (κ3) is 2.96. The van der Waals surface area contributed by atoms with Crippen LogP contribution < -0.4 is 0 Å². The number of rotatable bonds is 3. The van der Waals surface area contributed by atoms with Crippen LogP contribution in [0.3, 0.4) is 0 Å². The van der Waals surface area contributed by atoms with E-state index >= 15 is 0 Å². The molecule has 0 bridgehead atoms. The molecule has 3 heterocycles. The number of nitrogens with one attached hydrogen (secondary N) is 1. The number of likely N-dealkylation sites (tertiary alicyclic amines) is 2. The third-order valence-electron chi connectivity index (χ3n) is 4.47. The molecule has 1 atom stereocenters. The normalized spacial score (nSPS) is 26.1. The second-order valence-corrected chi connectivity index (χ2v) is 6.26. The van der Waals surface area contributed by atoms with Crippen LogP contribution in [0.5, 0.6) is 0 Å². The van der Waals surface area contributed by atoms with E-state index in [0.29, 0.717) is 0 Å². The van der Waals surface area contributed by atoms with Crippen molar-refractivity contribution in [3.05, 3.63) is 16.4 Å². The second kappa shape index (κ2) is 5.81. The van der Waals surface area contributed by atoms with Crippen molar-refractivity contribution in [3.8, 4) is 0 Å². The minimum Gasteiger partial charge on any atom is -0.299 e. The highest BCUT2D eigenvalue weighted by molar-refractivity contribution is 6.31. The summed E-state index contributed by atoms with van der Waals surface area (Å²) < 4.78 is 0. The summed E-state index contributed by atoms with van der Waals surface area (Å²) >= 11 is 6.24. The van der Waals surface area contributed by atoms with Crippen molar-refractivity contribution in [3.63, 3.8) is 0 Å². The molecule has 0 amide bonds. The Morgan fingerprint density at radius 2 is 2.05 bits per heavy atom. The van der Waals surface area contributed by atoms with Gasteiger partial charge in [-0.3, -0.25) is 14.9 Å². The zero-order chi connectivity index (χ0) is 13.2. The molecule has 0 radical (unpaired) electrons. The Morgan fingerprint density at radius 3 is 2.74 bits per heavy atom. The van der Waals surface area contributed by atoms with Gasteiger partial charge in [-0.15, -0.1) is 0 Å². The van der Waals surface area contributed by atoms with E-state index < -0.39 is 0 Å². The summed E-state index contributed by atoms with van der Waals surface area (Å²) in [6, 6.07) is 0.749. The minimum absolute atomic E-state index is 0.749. The Labute approximate surface area is 120 Å². The number of aryl methyl sites for hydroxylation is 1. The fourth-order valence-corrected chi connectivity index (χ4v) is 3.46. The monoisotopic (exact) mass is 282 g/mol. The van der Waals surface area contributed by atoms with Gasteiger partial charge in [-0.05, 0) is 39.3 Å². The molecule has 106 valence electrons. The van der Waals surface area contributed by atoms with Gasteiger partial charge in [0.15, 0.2) is 0 Å². The summed E-state index contributed by atoms with van der Waals surface area (Å²) in [4.78, 5) is 5.17. The molecule has 1 N–H and O–H groups in total. The van der Waals surface area contributed by atoms with Gasteiger partial charge in [-0.25, -0.2) is 0 Å². The first-order valence-electron chi connectivity index (χ1n) is 7.40. The molecule has 2 aliphatic rings. The van der Waals surface area contributed by atoms with E-state index in [1.807, 2.05) is 6.92 Å². The molecule has 1 aromatic heterocycles. The second-order valence-electron chi connectivity index (χ2n) is 5.88. The molecule has 0 aromatic carbocycles. The van der Waals surface area contributed by atoms with Crippen LogP contribution >= 0.6 is 11.6 Å². The molecule has 0 unspecified atom stereocenters. The number of nitrogens with zero attached hydrogens (tertiary/aromatic N) is 3. The van der Waals surface area contributed by atoms with Crippen molar-refractivity contribution in [1.82, 2.24) is 20.0 Å². The molecular weight excluding hydrogens is 260 g/mol. The van der Waals surface area contributed by atoms with E-state index in [1.165, 1.54) is 51.9 Å². The molecule has 0 spiro atoms. The van der Waals surface area contributed by atoms with E-state index in [9.17, 15) is 0 Å². The Balaban J connectivity index is 1.55. The van der Waals surface area contributed by atoms with Crippen LogP contribution in [0, 0.1) is 6.92 Å². The first kappa shape index (κ1) is 13.4. The average Bonchev–Trinajstić information content (AvgIpc) is 3.02. The number of hydrogen-bond donors (Lipinski definition) is 1. The number of piperidine rings is 1. The lowest BCUT2D eigenvalue weighted by Crippen LogP contribution is -2.40. The van der Waals surface area contributed by atoms with Crippen molar-refractivity contribution in [2.24, 2.45) is 0 Å². The predicted molar refractivity (Wildman–Crippen MR) is 77.4 cm³/mol. The first-order valence-corrected chi connectivity index (χ1v) is 7.77. The van der Waals surface area contributed by atoms with Crippen molar-refractivity contribution >= 4 is 11.6 Å². The lowest BCUT2D eigenvalue weighted by atomic mass is 10.1. The highest BCUT2D eigenvalue weighted by Crippen LogP contribution is 2.24. The van der Waals surface area contributed by atoms with E-state index in [1.54, 1.807) is 0 Å². The van der Waals surface area contributed by atoms with E-state index in [-0.39, 0.29) is 0 Å². The molecule has 2 saturated heterocycles. The van der Waals surface area contributed by atoms with Crippen molar-refractivity contribution < 1.29 is 0 Å². The Hall–Kier alpha value is -0.580. The van der Waals surface area contributed by atoms with Gasteiger partial charge in [0.2, 0.25) is 0 Å². The molecule has 2 fully saturated rings. The van der Waals surface area contributed by atoms with Crippen molar-refractivity contribution in [2.75, 3.05) is 26.2 Å². The van der Waals surface area contributed by atoms with Gasteiger partial charge in [-0.1, -0.05) is 18.0 Å². The van der Waals surface area contributed by atoms with Crippen LogP contribution in [-0.4, -0.2) is 52.2 Å². The van der Waals surface area contributed by atoms with Crippen LogP contribution in [0.25, 0.3) is 0 Å². The fourth-order valence-electron chi connectivity index (χ4n) is 3.32. The summed E-state index contributed by atoms with van der Waals surface area (Å²) in [6.07, 6.45) is 5.46. The lowest BCUT2D eigenvalue weighted by molar-refractivity contribution is 0.161. The van der Waals surface area contributed by atoms with Crippen LogP contribution in [0.2, 0.25) is 5.02 Å². The molecule has 5 heteroatoms. The van der Waals surface area contributed by atoms with E-state index in [4.69, 9.17) is 11.6 Å². The molecule has 1 aromatic rings. The van der Waals surface area contributed by atoms with E-state index in [2.05, 4.69) is 20.0 Å². The first-order chi connectivity index (χ1) is 9.24. The van der Waals surface area contributed by atoms with Gasteiger partial charge in [0.05, 0.1) is 16.4 Å². The van der Waals surface area contributed by atoms with Gasteiger partial charge in [0, 0.05) is 25.7 Å². The van der Waals surface area contributed by atoms with E-state index in [0.717, 1.165) is 29.0 Å². The standard InChI is InChI=1S/C14H23ClN4/c1-11-14(15)13(17-16-11)10-18-8-5-12(9-18)19-6-3-2-4-7-19/h12H,2-10H2,1H3,(H,16,17)/t12-/m1/s1. The number of H-pyrrole nitrogens is 1. The van der Waals surface area contributed by atoms with Gasteiger partial charge in [0.1, 0.15) is 0 Å². The maximum Gasteiger partial charge on any atom is 0.0951 e. The van der Waals surface area contributed by atoms with Gasteiger partial charge < -0.3 is 0 Å². The minimum atomic E-state index is 0.749. The Morgan fingerprint density at radius 1 is 1.26 bits per heavy atom. The quantitative estimate of drug-likeness (QED) is 0.925. The molecule has 19 heavy (non-hydrogen) atoms. The molecule has 0 saturated carbocycles. The smallest absolute Gasteiger partial charge is 0.0951 e. The number of aromatic amines is 1. The fraction of sp³-hybridized carbons (Fsp3) is 0.786. The van der Waals surface area contributed by atoms with Crippen LogP contribution in [0.1, 0.15) is 37.1 Å². The molecule has 0 aliphatic carbocycles. The zero-order valence-corrected chi connectivity index (χ0v) is 12.4. The average molecular weight is 283 g/mol. The molecule has 2 aliphatic heterocycles. The van der Waals surface area contributed by atoms with Crippen molar-refractivity contribution in [1.29, 1.82) is 0 Å². The third-order valence-corrected chi connectivity index (χ3v) is 4.97. The predicted octanol–water partition coefficient (Wildman–Crippen LogP) is 2.43. The number of aromatic nitrogens is 2. The summed E-state index contributed by atoms with van der Waals surface area (Å²) in [5, 5.41) is 8.08. The number of halogens is 1. The topological polar surface area (TPSA) is 35.2 Å². The van der Waals surface area contributed by atoms with Crippen LogP contribution in [0.4, 0.5) is 0 Å². The molecular formula is C14H23ClN4. The zero-order valence-electron chi connectivity index (χ0n) is 11.7. The SMILES string of the molecule is Cc1[nH]nc(CN2CC[C@@H](N3CCCCC3)C2)c1Cl. The summed E-state index contributed by atoms with van der Waals surface area (Å²) in [7, 11) is 0. The van der Waals surface area contributed by atoms with Crippen LogP contribution in [-0.2, 0) is 6.54 Å². The summed E-state index contributed by atoms with van der Waals surface area (Å²) in [6.45, 7) is 7.78. The maximum atomic E-state index is 6.24. The summed E-state index contributed by atoms with van der Waals surface area (Å²) in [5.41, 5.74) is 1.97. The molecule has 4 nitrogen and oxygen atoms in total. The van der Waals surface area contributed by atoms with Crippen molar-refractivity contribution in [2.45, 2.75) is 45.2 Å². The highest BCUT2D eigenvalue weighted by atomic mass is 35.5. The van der Waals surface area contributed by atoms with Gasteiger partial charge in [-0.2, -0.15) is 5.10 Å². The Bertz CT molecular complexity index is 425. The Kier molecular flexibility index (Phi) is 4.10. The van der Waals surface area contributed by atoms with Crippen LogP contribution in [0.15, 0.2) is 0 Å². The maximum absolute atomic E-state index is 6.24. The number of hydrogen-bond acceptors (Lipinski definition) is 3. The van der Waals surface area contributed by atoms with Gasteiger partial charge in [0.25, 0.3) is 0 Å².